The Hall–Kier alpha value is -1.26. The van der Waals surface area contributed by atoms with E-state index < -0.39 is 5.97 Å². The molecule has 6 heteroatoms. The van der Waals surface area contributed by atoms with Crippen molar-refractivity contribution in [2.45, 2.75) is 0 Å². The molecule has 0 spiro atoms. The molecule has 1 aromatic carbocycles. The first-order chi connectivity index (χ1) is 7.58. The van der Waals surface area contributed by atoms with Gasteiger partial charge in [-0.15, -0.1) is 11.6 Å². The van der Waals surface area contributed by atoms with E-state index >= 15 is 0 Å². The van der Waals surface area contributed by atoms with Crippen LogP contribution in [0.1, 0.15) is 10.4 Å². The average molecular weight is 261 g/mol. The number of hydrogen-bond acceptors (Lipinski definition) is 3. The van der Waals surface area contributed by atoms with E-state index in [0.29, 0.717) is 16.3 Å². The van der Waals surface area contributed by atoms with Crippen molar-refractivity contribution in [3.05, 3.63) is 28.8 Å². The summed E-state index contributed by atoms with van der Waals surface area (Å²) in [6.45, 7) is 0. The highest BCUT2D eigenvalue weighted by Gasteiger charge is 2.11. The fourth-order valence-corrected chi connectivity index (χ4v) is 1.29. The number of methoxy groups -OCH3 is 1. The number of carbonyl (C=O) groups excluding carboxylic acids is 1. The van der Waals surface area contributed by atoms with Crippen LogP contribution in [0.3, 0.4) is 0 Å². The molecule has 0 aliphatic rings. The van der Waals surface area contributed by atoms with Crippen molar-refractivity contribution in [3.8, 4) is 0 Å². The zero-order valence-corrected chi connectivity index (χ0v) is 10.0. The third kappa shape index (κ3) is 3.12. The number of esters is 1. The lowest BCUT2D eigenvalue weighted by Crippen LogP contribution is -2.13. The zero-order valence-electron chi connectivity index (χ0n) is 8.54. The molecule has 0 amide bonds. The van der Waals surface area contributed by atoms with Crippen molar-refractivity contribution in [2.24, 2.45) is 10.7 Å². The van der Waals surface area contributed by atoms with Crippen LogP contribution in [-0.2, 0) is 4.74 Å². The van der Waals surface area contributed by atoms with Crippen molar-refractivity contribution in [2.75, 3.05) is 13.0 Å². The van der Waals surface area contributed by atoms with Crippen molar-refractivity contribution < 1.29 is 9.53 Å². The lowest BCUT2D eigenvalue weighted by molar-refractivity contribution is 0.0602. The maximum Gasteiger partial charge on any atom is 0.340 e. The van der Waals surface area contributed by atoms with E-state index in [1.807, 2.05) is 0 Å². The quantitative estimate of drug-likeness (QED) is 0.393. The minimum atomic E-state index is -0.502. The van der Waals surface area contributed by atoms with Gasteiger partial charge >= 0.3 is 5.97 Å². The minimum Gasteiger partial charge on any atom is -0.465 e. The highest BCUT2D eigenvalue weighted by molar-refractivity contribution is 6.31. The van der Waals surface area contributed by atoms with Crippen LogP contribution in [0, 0.1) is 0 Å². The van der Waals surface area contributed by atoms with Crippen molar-refractivity contribution >= 4 is 40.7 Å². The number of halogens is 2. The van der Waals surface area contributed by atoms with Gasteiger partial charge in [0, 0.05) is 5.02 Å². The number of nitrogens with zero attached hydrogens (tertiary/aromatic N) is 1. The van der Waals surface area contributed by atoms with Gasteiger partial charge in [0.05, 0.1) is 24.2 Å². The number of amidine groups is 1. The molecule has 0 bridgehead atoms. The first kappa shape index (κ1) is 12.8. The standard InChI is InChI=1S/C10H10Cl2N2O2/c1-16-10(15)7-3-2-6(12)4-8(7)14-9(13)5-11/h2-4H,5H2,1H3,(H2,13,14). The number of ether oxygens (including phenoxy) is 1. The second-order valence-corrected chi connectivity index (χ2v) is 3.59. The lowest BCUT2D eigenvalue weighted by atomic mass is 10.2. The topological polar surface area (TPSA) is 64.7 Å². The molecule has 1 aromatic rings. The normalized spacial score (nSPS) is 11.3. The number of hydrogen-bond donors (Lipinski definition) is 1. The van der Waals surface area contributed by atoms with Crippen molar-refractivity contribution in [1.29, 1.82) is 0 Å². The highest BCUT2D eigenvalue weighted by atomic mass is 35.5. The summed E-state index contributed by atoms with van der Waals surface area (Å²) in [6.07, 6.45) is 0. The first-order valence-corrected chi connectivity index (χ1v) is 5.26. The summed E-state index contributed by atoms with van der Waals surface area (Å²) >= 11 is 11.3. The van der Waals surface area contributed by atoms with Crippen molar-refractivity contribution in [3.63, 3.8) is 0 Å². The Morgan fingerprint density at radius 2 is 2.25 bits per heavy atom. The summed E-state index contributed by atoms with van der Waals surface area (Å²) < 4.78 is 4.61. The van der Waals surface area contributed by atoms with E-state index in [0.717, 1.165) is 0 Å². The van der Waals surface area contributed by atoms with Crippen LogP contribution in [-0.4, -0.2) is 24.8 Å². The fourth-order valence-electron chi connectivity index (χ4n) is 1.06. The van der Waals surface area contributed by atoms with Gasteiger partial charge in [-0.05, 0) is 18.2 Å². The largest absolute Gasteiger partial charge is 0.465 e. The van der Waals surface area contributed by atoms with Gasteiger partial charge in [0.25, 0.3) is 0 Å². The third-order valence-electron chi connectivity index (χ3n) is 1.77. The molecule has 0 saturated heterocycles. The number of aliphatic imine (C=N–C) groups is 1. The zero-order chi connectivity index (χ0) is 12.1. The molecule has 0 atom stereocenters. The molecule has 4 nitrogen and oxygen atoms in total. The summed E-state index contributed by atoms with van der Waals surface area (Å²) in [5, 5.41) is 0.453. The number of nitrogens with two attached hydrogens (primary N) is 1. The highest BCUT2D eigenvalue weighted by Crippen LogP contribution is 2.24. The predicted octanol–water partition coefficient (Wildman–Crippen LogP) is 2.35. The molecule has 0 unspecified atom stereocenters. The monoisotopic (exact) mass is 260 g/mol. The second-order valence-electron chi connectivity index (χ2n) is 2.89. The van der Waals surface area contributed by atoms with Gasteiger partial charge < -0.3 is 10.5 Å². The molecular weight excluding hydrogens is 251 g/mol. The van der Waals surface area contributed by atoms with Gasteiger partial charge in [0.15, 0.2) is 0 Å². The summed E-state index contributed by atoms with van der Waals surface area (Å²) in [5.41, 5.74) is 6.12. The molecule has 0 aromatic heterocycles. The van der Waals surface area contributed by atoms with Crippen LogP contribution in [0.25, 0.3) is 0 Å². The maximum absolute atomic E-state index is 11.4. The molecule has 86 valence electrons. The van der Waals surface area contributed by atoms with E-state index in [-0.39, 0.29) is 11.7 Å². The number of rotatable bonds is 3. The van der Waals surface area contributed by atoms with E-state index in [1.54, 1.807) is 6.07 Å². The Morgan fingerprint density at radius 3 is 2.81 bits per heavy atom. The van der Waals surface area contributed by atoms with Gasteiger partial charge in [-0.2, -0.15) is 0 Å². The molecule has 16 heavy (non-hydrogen) atoms. The SMILES string of the molecule is COC(=O)c1ccc(Cl)cc1N=C(N)CCl. The summed E-state index contributed by atoms with van der Waals surface area (Å²) in [4.78, 5) is 15.4. The number of benzene rings is 1. The smallest absolute Gasteiger partial charge is 0.340 e. The molecule has 0 aliphatic heterocycles. The summed E-state index contributed by atoms with van der Waals surface area (Å²) in [5.74, 6) is -0.223. The van der Waals surface area contributed by atoms with Crippen LogP contribution >= 0.6 is 23.2 Å². The Balaban J connectivity index is 3.23. The fraction of sp³-hybridized carbons (Fsp3) is 0.200. The second kappa shape index (κ2) is 5.72. The van der Waals surface area contributed by atoms with E-state index in [1.165, 1.54) is 19.2 Å². The molecule has 0 fully saturated rings. The average Bonchev–Trinajstić information content (AvgIpc) is 2.28. The molecule has 0 saturated carbocycles. The molecule has 0 heterocycles. The van der Waals surface area contributed by atoms with Crippen LogP contribution in [0.4, 0.5) is 5.69 Å². The van der Waals surface area contributed by atoms with Crippen molar-refractivity contribution in [1.82, 2.24) is 0 Å². The van der Waals surface area contributed by atoms with E-state index in [4.69, 9.17) is 28.9 Å². The van der Waals surface area contributed by atoms with Gasteiger partial charge in [0.2, 0.25) is 0 Å². The van der Waals surface area contributed by atoms with Gasteiger partial charge in [-0.25, -0.2) is 9.79 Å². The Labute approximate surface area is 103 Å². The molecule has 1 rings (SSSR count). The number of carbonyl (C=O) groups is 1. The Morgan fingerprint density at radius 1 is 1.56 bits per heavy atom. The molecular formula is C10H10Cl2N2O2. The van der Waals surface area contributed by atoms with Gasteiger partial charge in [-0.1, -0.05) is 11.6 Å². The van der Waals surface area contributed by atoms with Crippen LogP contribution in [0.2, 0.25) is 5.02 Å². The predicted molar refractivity (Wildman–Crippen MR) is 64.8 cm³/mol. The van der Waals surface area contributed by atoms with Gasteiger partial charge in [0.1, 0.15) is 5.84 Å². The van der Waals surface area contributed by atoms with E-state index in [9.17, 15) is 4.79 Å². The number of alkyl halides is 1. The minimum absolute atomic E-state index is 0.0765. The Bertz CT molecular complexity index is 433. The molecule has 0 radical (unpaired) electrons. The summed E-state index contributed by atoms with van der Waals surface area (Å²) in [6, 6.07) is 4.62. The first-order valence-electron chi connectivity index (χ1n) is 4.35. The summed E-state index contributed by atoms with van der Waals surface area (Å²) in [7, 11) is 1.29. The van der Waals surface area contributed by atoms with Crippen LogP contribution < -0.4 is 5.73 Å². The van der Waals surface area contributed by atoms with Gasteiger partial charge in [-0.3, -0.25) is 0 Å². The van der Waals surface area contributed by atoms with E-state index in [2.05, 4.69) is 9.73 Å². The molecule has 2 N–H and O–H groups in total. The van der Waals surface area contributed by atoms with Crippen LogP contribution in [0.15, 0.2) is 23.2 Å². The maximum atomic E-state index is 11.4. The van der Waals surface area contributed by atoms with Crippen LogP contribution in [0.5, 0.6) is 0 Å². The Kier molecular flexibility index (Phi) is 4.58. The molecule has 0 aliphatic carbocycles. The third-order valence-corrected chi connectivity index (χ3v) is 2.27. The lowest BCUT2D eigenvalue weighted by Gasteiger charge is -2.04.